The van der Waals surface area contributed by atoms with Gasteiger partial charge in [-0.3, -0.25) is 14.2 Å². The summed E-state index contributed by atoms with van der Waals surface area (Å²) in [6.45, 7) is -0.126. The molecule has 0 saturated heterocycles. The quantitative estimate of drug-likeness (QED) is 0.540. The highest BCUT2D eigenvalue weighted by Crippen LogP contribution is 2.33. The number of hydrogen-bond acceptors (Lipinski definition) is 5. The number of nitrogens with one attached hydrogen (secondary N) is 1. The number of halogens is 1. The number of aromatic nitrogens is 2. The fourth-order valence-corrected chi connectivity index (χ4v) is 4.67. The van der Waals surface area contributed by atoms with E-state index in [2.05, 4.69) is 15.5 Å². The normalized spacial score (nSPS) is 13.8. The van der Waals surface area contributed by atoms with E-state index in [1.54, 1.807) is 29.5 Å². The molecule has 1 N–H and O–H groups in total. The van der Waals surface area contributed by atoms with Crippen LogP contribution in [0.4, 0.5) is 0 Å². The van der Waals surface area contributed by atoms with E-state index in [4.69, 9.17) is 11.6 Å². The minimum absolute atomic E-state index is 0.126. The second-order valence-corrected chi connectivity index (χ2v) is 7.94. The van der Waals surface area contributed by atoms with Gasteiger partial charge in [-0.15, -0.1) is 11.3 Å². The number of rotatable bonds is 4. The number of hydrazone groups is 1. The molecular weight excluding hydrogens is 384 g/mol. The van der Waals surface area contributed by atoms with Gasteiger partial charge in [0.15, 0.2) is 0 Å². The van der Waals surface area contributed by atoms with Crippen LogP contribution in [-0.2, 0) is 24.2 Å². The molecule has 1 amide bonds. The first kappa shape index (κ1) is 17.9. The van der Waals surface area contributed by atoms with Gasteiger partial charge in [0.1, 0.15) is 11.4 Å². The molecule has 0 unspecified atom stereocenters. The lowest BCUT2D eigenvalue weighted by Crippen LogP contribution is -2.30. The fraction of sp³-hybridized carbons (Fsp3) is 0.263. The zero-order valence-electron chi connectivity index (χ0n) is 14.4. The Hall–Kier alpha value is -2.51. The molecule has 138 valence electrons. The van der Waals surface area contributed by atoms with Crippen LogP contribution < -0.4 is 11.0 Å². The van der Waals surface area contributed by atoms with Crippen molar-refractivity contribution >= 4 is 45.3 Å². The standard InChI is InChI=1S/C19H17ClN4O2S/c20-13-5-3-4-12(8-13)9-22-23-16(25)10-24-11-21-18-17(19(24)26)14-6-1-2-7-15(14)27-18/h3-5,8-9,11H,1-2,6-7,10H2,(H,23,25). The Balaban J connectivity index is 1.50. The molecule has 0 fully saturated rings. The van der Waals surface area contributed by atoms with Gasteiger partial charge >= 0.3 is 0 Å². The van der Waals surface area contributed by atoms with Gasteiger partial charge in [-0.05, 0) is 48.9 Å². The van der Waals surface area contributed by atoms with Gasteiger partial charge in [0.2, 0.25) is 0 Å². The second-order valence-electron chi connectivity index (χ2n) is 6.42. The summed E-state index contributed by atoms with van der Waals surface area (Å²) in [6, 6.07) is 7.12. The van der Waals surface area contributed by atoms with Crippen LogP contribution in [0.15, 0.2) is 40.5 Å². The number of aryl methyl sites for hydroxylation is 2. The number of fused-ring (bicyclic) bond motifs is 3. The number of nitrogens with zero attached hydrogens (tertiary/aromatic N) is 3. The minimum Gasteiger partial charge on any atom is -0.289 e. The molecule has 1 aromatic carbocycles. The third-order valence-electron chi connectivity index (χ3n) is 4.51. The summed E-state index contributed by atoms with van der Waals surface area (Å²) < 4.78 is 1.34. The molecule has 6 nitrogen and oxygen atoms in total. The molecule has 0 saturated carbocycles. The van der Waals surface area contributed by atoms with Gasteiger partial charge in [0.25, 0.3) is 11.5 Å². The second kappa shape index (κ2) is 7.62. The molecule has 0 bridgehead atoms. The predicted octanol–water partition coefficient (Wildman–Crippen LogP) is 3.14. The molecule has 4 rings (SSSR count). The van der Waals surface area contributed by atoms with E-state index < -0.39 is 0 Å². The molecule has 2 aromatic heterocycles. The monoisotopic (exact) mass is 400 g/mol. The van der Waals surface area contributed by atoms with Crippen LogP contribution in [0, 0.1) is 0 Å². The number of benzene rings is 1. The SMILES string of the molecule is O=C(Cn1cnc2sc3c(c2c1=O)CCCC3)NN=Cc1cccc(Cl)c1. The Morgan fingerprint density at radius 3 is 3.07 bits per heavy atom. The lowest BCUT2D eigenvalue weighted by atomic mass is 9.97. The smallest absolute Gasteiger partial charge is 0.262 e. The van der Waals surface area contributed by atoms with Crippen molar-refractivity contribution in [2.45, 2.75) is 32.2 Å². The Morgan fingerprint density at radius 2 is 2.22 bits per heavy atom. The minimum atomic E-state index is -0.388. The van der Waals surface area contributed by atoms with Crippen molar-refractivity contribution in [3.8, 4) is 0 Å². The summed E-state index contributed by atoms with van der Waals surface area (Å²) in [5.74, 6) is -0.388. The molecule has 8 heteroatoms. The van der Waals surface area contributed by atoms with Crippen LogP contribution >= 0.6 is 22.9 Å². The predicted molar refractivity (Wildman–Crippen MR) is 108 cm³/mol. The highest BCUT2D eigenvalue weighted by molar-refractivity contribution is 7.18. The number of carbonyl (C=O) groups is 1. The van der Waals surface area contributed by atoms with Crippen molar-refractivity contribution < 1.29 is 4.79 Å². The van der Waals surface area contributed by atoms with Crippen molar-refractivity contribution in [2.24, 2.45) is 5.10 Å². The zero-order chi connectivity index (χ0) is 18.8. The van der Waals surface area contributed by atoms with Gasteiger partial charge in [0.05, 0.1) is 17.9 Å². The van der Waals surface area contributed by atoms with Crippen molar-refractivity contribution in [2.75, 3.05) is 0 Å². The number of hydrogen-bond donors (Lipinski definition) is 1. The molecule has 0 radical (unpaired) electrons. The summed E-state index contributed by atoms with van der Waals surface area (Å²) in [5.41, 5.74) is 4.16. The number of amides is 1. The number of thiophene rings is 1. The Labute approximate surface area is 164 Å². The van der Waals surface area contributed by atoms with E-state index in [9.17, 15) is 9.59 Å². The topological polar surface area (TPSA) is 76.3 Å². The van der Waals surface area contributed by atoms with Gasteiger partial charge in [-0.1, -0.05) is 23.7 Å². The van der Waals surface area contributed by atoms with Gasteiger partial charge in [0, 0.05) is 9.90 Å². The Morgan fingerprint density at radius 1 is 1.37 bits per heavy atom. The van der Waals surface area contributed by atoms with Crippen molar-refractivity contribution in [1.29, 1.82) is 0 Å². The maximum Gasteiger partial charge on any atom is 0.262 e. The lowest BCUT2D eigenvalue weighted by Gasteiger charge is -2.10. The molecule has 0 spiro atoms. The van der Waals surface area contributed by atoms with Crippen LogP contribution in [0.2, 0.25) is 5.02 Å². The first-order valence-corrected chi connectivity index (χ1v) is 9.88. The highest BCUT2D eigenvalue weighted by atomic mass is 35.5. The van der Waals surface area contributed by atoms with E-state index in [-0.39, 0.29) is 18.0 Å². The van der Waals surface area contributed by atoms with Crippen molar-refractivity contribution in [3.63, 3.8) is 0 Å². The summed E-state index contributed by atoms with van der Waals surface area (Å²) in [5, 5.41) is 5.18. The van der Waals surface area contributed by atoms with Gasteiger partial charge in [-0.2, -0.15) is 5.10 Å². The molecule has 0 atom stereocenters. The van der Waals surface area contributed by atoms with Crippen LogP contribution in [0.25, 0.3) is 10.2 Å². The maximum absolute atomic E-state index is 12.8. The third kappa shape index (κ3) is 3.79. The van der Waals surface area contributed by atoms with E-state index in [1.807, 2.05) is 6.07 Å². The highest BCUT2D eigenvalue weighted by Gasteiger charge is 2.20. The summed E-state index contributed by atoms with van der Waals surface area (Å²) in [4.78, 5) is 31.4. The summed E-state index contributed by atoms with van der Waals surface area (Å²) >= 11 is 7.50. The molecule has 3 aromatic rings. The molecule has 1 aliphatic rings. The van der Waals surface area contributed by atoms with Crippen LogP contribution in [-0.4, -0.2) is 21.7 Å². The fourth-order valence-electron chi connectivity index (χ4n) is 3.25. The van der Waals surface area contributed by atoms with Crippen molar-refractivity contribution in [3.05, 3.63) is 62.0 Å². The lowest BCUT2D eigenvalue weighted by molar-refractivity contribution is -0.121. The van der Waals surface area contributed by atoms with Crippen LogP contribution in [0.3, 0.4) is 0 Å². The first-order chi connectivity index (χ1) is 13.1. The van der Waals surface area contributed by atoms with E-state index in [1.165, 1.54) is 22.0 Å². The van der Waals surface area contributed by atoms with E-state index >= 15 is 0 Å². The van der Waals surface area contributed by atoms with Crippen LogP contribution in [0.5, 0.6) is 0 Å². The Kier molecular flexibility index (Phi) is 5.05. The third-order valence-corrected chi connectivity index (χ3v) is 5.94. The molecule has 1 aliphatic carbocycles. The largest absolute Gasteiger partial charge is 0.289 e. The van der Waals surface area contributed by atoms with Gasteiger partial charge < -0.3 is 0 Å². The molecule has 27 heavy (non-hydrogen) atoms. The zero-order valence-corrected chi connectivity index (χ0v) is 16.0. The molecule has 2 heterocycles. The van der Waals surface area contributed by atoms with Crippen molar-refractivity contribution in [1.82, 2.24) is 15.0 Å². The Bertz CT molecular complexity index is 1100. The first-order valence-electron chi connectivity index (χ1n) is 8.69. The molecule has 0 aliphatic heterocycles. The van der Waals surface area contributed by atoms with Gasteiger partial charge in [-0.25, -0.2) is 10.4 Å². The van der Waals surface area contributed by atoms with E-state index in [0.717, 1.165) is 41.6 Å². The average Bonchev–Trinajstić information content (AvgIpc) is 3.03. The average molecular weight is 401 g/mol. The summed E-state index contributed by atoms with van der Waals surface area (Å²) in [7, 11) is 0. The summed E-state index contributed by atoms with van der Waals surface area (Å²) in [6.07, 6.45) is 7.10. The maximum atomic E-state index is 12.8. The van der Waals surface area contributed by atoms with Crippen LogP contribution in [0.1, 0.15) is 28.8 Å². The number of carbonyl (C=O) groups excluding carboxylic acids is 1. The molecular formula is C19H17ClN4O2S. The van der Waals surface area contributed by atoms with E-state index in [0.29, 0.717) is 10.4 Å².